The van der Waals surface area contributed by atoms with Crippen molar-refractivity contribution in [2.24, 2.45) is 0 Å². The van der Waals surface area contributed by atoms with Crippen molar-refractivity contribution in [3.05, 3.63) is 57.3 Å². The lowest BCUT2D eigenvalue weighted by molar-refractivity contribution is 0.551. The minimum absolute atomic E-state index is 0.450. The maximum Gasteiger partial charge on any atom is 0.0321 e. The van der Waals surface area contributed by atoms with Crippen LogP contribution in [0, 0.1) is 13.8 Å². The van der Waals surface area contributed by atoms with Crippen LogP contribution >= 0.6 is 11.3 Å². The van der Waals surface area contributed by atoms with Gasteiger partial charge in [0.2, 0.25) is 0 Å². The van der Waals surface area contributed by atoms with Crippen LogP contribution in [0.3, 0.4) is 0 Å². The van der Waals surface area contributed by atoms with Crippen molar-refractivity contribution in [3.8, 4) is 0 Å². The van der Waals surface area contributed by atoms with Gasteiger partial charge in [-0.25, -0.2) is 0 Å². The van der Waals surface area contributed by atoms with Gasteiger partial charge >= 0.3 is 0 Å². The predicted molar refractivity (Wildman–Crippen MR) is 80.4 cm³/mol. The van der Waals surface area contributed by atoms with Gasteiger partial charge in [0.1, 0.15) is 0 Å². The molecule has 0 saturated carbocycles. The summed E-state index contributed by atoms with van der Waals surface area (Å²) in [6.45, 7) is 4.35. The summed E-state index contributed by atoms with van der Waals surface area (Å²) in [5.74, 6) is 0. The Labute approximate surface area is 114 Å². The molecular weight excluding hydrogens is 238 g/mol. The lowest BCUT2D eigenvalue weighted by Crippen LogP contribution is -2.17. The van der Waals surface area contributed by atoms with E-state index in [0.717, 1.165) is 12.8 Å². The molecule has 0 radical (unpaired) electrons. The molecule has 1 nitrogen and oxygen atoms in total. The SMILES string of the molecule is CNC(CCc1cccs1)c1ccc(C)c(C)c1. The molecule has 1 unspecified atom stereocenters. The lowest BCUT2D eigenvalue weighted by Gasteiger charge is -2.17. The Morgan fingerprint density at radius 3 is 2.61 bits per heavy atom. The van der Waals surface area contributed by atoms with Crippen LogP contribution in [0.15, 0.2) is 35.7 Å². The van der Waals surface area contributed by atoms with Gasteiger partial charge in [0.05, 0.1) is 0 Å². The molecule has 1 aromatic heterocycles. The van der Waals surface area contributed by atoms with Gasteiger partial charge in [-0.1, -0.05) is 24.3 Å². The molecule has 2 heteroatoms. The summed E-state index contributed by atoms with van der Waals surface area (Å²) >= 11 is 1.85. The average molecular weight is 259 g/mol. The number of hydrogen-bond donors (Lipinski definition) is 1. The summed E-state index contributed by atoms with van der Waals surface area (Å²) in [6, 6.07) is 11.6. The summed E-state index contributed by atoms with van der Waals surface area (Å²) in [4.78, 5) is 1.47. The lowest BCUT2D eigenvalue weighted by atomic mass is 9.98. The van der Waals surface area contributed by atoms with E-state index in [2.05, 4.69) is 54.9 Å². The van der Waals surface area contributed by atoms with Crippen LogP contribution < -0.4 is 5.32 Å². The minimum atomic E-state index is 0.450. The fraction of sp³-hybridized carbons (Fsp3) is 0.375. The molecule has 1 N–H and O–H groups in total. The first-order valence-electron chi connectivity index (χ1n) is 6.47. The van der Waals surface area contributed by atoms with Crippen LogP contribution in [0.2, 0.25) is 0 Å². The molecule has 0 bridgehead atoms. The van der Waals surface area contributed by atoms with Crippen molar-refractivity contribution >= 4 is 11.3 Å². The van der Waals surface area contributed by atoms with E-state index >= 15 is 0 Å². The molecule has 18 heavy (non-hydrogen) atoms. The monoisotopic (exact) mass is 259 g/mol. The highest BCUT2D eigenvalue weighted by Crippen LogP contribution is 2.22. The summed E-state index contributed by atoms with van der Waals surface area (Å²) in [7, 11) is 2.05. The van der Waals surface area contributed by atoms with Crippen LogP contribution in [0.1, 0.15) is 34.0 Å². The molecule has 0 amide bonds. The van der Waals surface area contributed by atoms with E-state index in [1.807, 2.05) is 18.4 Å². The Balaban J connectivity index is 2.05. The summed E-state index contributed by atoms with van der Waals surface area (Å²) in [5, 5.41) is 5.58. The largest absolute Gasteiger partial charge is 0.313 e. The van der Waals surface area contributed by atoms with Crippen molar-refractivity contribution in [2.45, 2.75) is 32.7 Å². The third-order valence-corrected chi connectivity index (χ3v) is 4.48. The molecule has 0 aliphatic rings. The smallest absolute Gasteiger partial charge is 0.0321 e. The zero-order valence-corrected chi connectivity index (χ0v) is 12.2. The van der Waals surface area contributed by atoms with Gasteiger partial charge < -0.3 is 5.32 Å². The van der Waals surface area contributed by atoms with E-state index in [-0.39, 0.29) is 0 Å². The average Bonchev–Trinajstić information content (AvgIpc) is 2.87. The molecule has 1 atom stereocenters. The first kappa shape index (κ1) is 13.3. The zero-order valence-electron chi connectivity index (χ0n) is 11.4. The molecule has 0 aliphatic heterocycles. The Kier molecular flexibility index (Phi) is 4.56. The van der Waals surface area contributed by atoms with Crippen molar-refractivity contribution in [3.63, 3.8) is 0 Å². The van der Waals surface area contributed by atoms with E-state index in [1.54, 1.807) is 0 Å². The molecule has 2 aromatic rings. The zero-order chi connectivity index (χ0) is 13.0. The number of thiophene rings is 1. The van der Waals surface area contributed by atoms with Crippen molar-refractivity contribution in [1.29, 1.82) is 0 Å². The van der Waals surface area contributed by atoms with Crippen LogP contribution in [0.4, 0.5) is 0 Å². The molecule has 2 rings (SSSR count). The maximum atomic E-state index is 3.43. The quantitative estimate of drug-likeness (QED) is 0.846. The fourth-order valence-electron chi connectivity index (χ4n) is 2.20. The molecule has 0 aliphatic carbocycles. The van der Waals surface area contributed by atoms with Crippen molar-refractivity contribution < 1.29 is 0 Å². The van der Waals surface area contributed by atoms with E-state index in [0.29, 0.717) is 6.04 Å². The molecule has 1 heterocycles. The topological polar surface area (TPSA) is 12.0 Å². The second-order valence-electron chi connectivity index (χ2n) is 4.80. The molecule has 96 valence electrons. The molecule has 0 saturated heterocycles. The van der Waals surface area contributed by atoms with E-state index in [9.17, 15) is 0 Å². The summed E-state index contributed by atoms with van der Waals surface area (Å²) in [5.41, 5.74) is 4.15. The molecular formula is C16H21NS. The minimum Gasteiger partial charge on any atom is -0.313 e. The highest BCUT2D eigenvalue weighted by atomic mass is 32.1. The van der Waals surface area contributed by atoms with Gasteiger partial charge in [-0.15, -0.1) is 11.3 Å². The number of hydrogen-bond acceptors (Lipinski definition) is 2. The van der Waals surface area contributed by atoms with E-state index < -0.39 is 0 Å². The van der Waals surface area contributed by atoms with E-state index in [1.165, 1.54) is 21.6 Å². The number of benzene rings is 1. The van der Waals surface area contributed by atoms with Gasteiger partial charge in [0, 0.05) is 10.9 Å². The molecule has 0 spiro atoms. The van der Waals surface area contributed by atoms with Crippen LogP contribution in [-0.4, -0.2) is 7.05 Å². The van der Waals surface area contributed by atoms with Crippen molar-refractivity contribution in [2.75, 3.05) is 7.05 Å². The standard InChI is InChI=1S/C16H21NS/c1-12-6-7-14(11-13(12)2)16(17-3)9-8-15-5-4-10-18-15/h4-7,10-11,16-17H,8-9H2,1-3H3. The Bertz CT molecular complexity index is 488. The Hall–Kier alpha value is -1.12. The van der Waals surface area contributed by atoms with Crippen LogP contribution in [-0.2, 0) is 6.42 Å². The first-order chi connectivity index (χ1) is 8.70. The van der Waals surface area contributed by atoms with Gasteiger partial charge in [0.25, 0.3) is 0 Å². The summed E-state index contributed by atoms with van der Waals surface area (Å²) in [6.07, 6.45) is 2.30. The third-order valence-electron chi connectivity index (χ3n) is 3.54. The number of nitrogens with one attached hydrogen (secondary N) is 1. The van der Waals surface area contributed by atoms with Gasteiger partial charge in [-0.3, -0.25) is 0 Å². The third kappa shape index (κ3) is 3.21. The normalized spacial score (nSPS) is 12.6. The van der Waals surface area contributed by atoms with E-state index in [4.69, 9.17) is 0 Å². The van der Waals surface area contributed by atoms with Crippen LogP contribution in [0.5, 0.6) is 0 Å². The fourth-order valence-corrected chi connectivity index (χ4v) is 2.93. The highest BCUT2D eigenvalue weighted by Gasteiger charge is 2.10. The first-order valence-corrected chi connectivity index (χ1v) is 7.35. The second kappa shape index (κ2) is 6.17. The Morgan fingerprint density at radius 1 is 1.17 bits per heavy atom. The molecule has 1 aromatic carbocycles. The predicted octanol–water partition coefficient (Wildman–Crippen LogP) is 4.26. The van der Waals surface area contributed by atoms with Gasteiger partial charge in [0.15, 0.2) is 0 Å². The summed E-state index contributed by atoms with van der Waals surface area (Å²) < 4.78 is 0. The van der Waals surface area contributed by atoms with Crippen LogP contribution in [0.25, 0.3) is 0 Å². The number of aryl methyl sites for hydroxylation is 3. The van der Waals surface area contributed by atoms with Gasteiger partial charge in [-0.05, 0) is 61.9 Å². The second-order valence-corrected chi connectivity index (χ2v) is 5.84. The molecule has 0 fully saturated rings. The van der Waals surface area contributed by atoms with Crippen molar-refractivity contribution in [1.82, 2.24) is 5.32 Å². The Morgan fingerprint density at radius 2 is 2.00 bits per heavy atom. The number of rotatable bonds is 5. The van der Waals surface area contributed by atoms with Gasteiger partial charge in [-0.2, -0.15) is 0 Å². The maximum absolute atomic E-state index is 3.43. The highest BCUT2D eigenvalue weighted by molar-refractivity contribution is 7.09.